The van der Waals surface area contributed by atoms with Crippen molar-refractivity contribution in [2.24, 2.45) is 11.7 Å². The predicted octanol–water partition coefficient (Wildman–Crippen LogP) is 0.853. The van der Waals surface area contributed by atoms with Crippen LogP contribution < -0.4 is 11.1 Å². The van der Waals surface area contributed by atoms with Crippen molar-refractivity contribution in [3.63, 3.8) is 0 Å². The zero-order valence-electron chi connectivity index (χ0n) is 10.7. The molecule has 19 heavy (non-hydrogen) atoms. The molecule has 2 unspecified atom stereocenters. The van der Waals surface area contributed by atoms with Gasteiger partial charge in [-0.2, -0.15) is 0 Å². The van der Waals surface area contributed by atoms with E-state index in [9.17, 15) is 9.90 Å². The summed E-state index contributed by atoms with van der Waals surface area (Å²) in [5, 5.41) is 12.5. The molecular weight excluding hydrogens is 266 g/mol. The minimum atomic E-state index is -0.276. The first-order valence-corrected chi connectivity index (χ1v) is 6.32. The van der Waals surface area contributed by atoms with Gasteiger partial charge in [-0.3, -0.25) is 9.78 Å². The molecule has 1 heterocycles. The molecule has 106 valence electrons. The van der Waals surface area contributed by atoms with Crippen LogP contribution in [0.5, 0.6) is 0 Å². The van der Waals surface area contributed by atoms with Crippen molar-refractivity contribution >= 4 is 18.3 Å². The molecule has 1 aliphatic carbocycles. The third-order valence-electron chi connectivity index (χ3n) is 3.43. The maximum absolute atomic E-state index is 11.9. The van der Waals surface area contributed by atoms with Crippen LogP contribution in [0.2, 0.25) is 0 Å². The molecule has 0 aliphatic heterocycles. The van der Waals surface area contributed by atoms with Gasteiger partial charge in [-0.1, -0.05) is 6.42 Å². The van der Waals surface area contributed by atoms with Gasteiger partial charge in [0.15, 0.2) is 0 Å². The molecule has 1 aliphatic rings. The molecule has 0 radical (unpaired) electrons. The summed E-state index contributed by atoms with van der Waals surface area (Å²) >= 11 is 0. The number of hydrogen-bond acceptors (Lipinski definition) is 4. The summed E-state index contributed by atoms with van der Waals surface area (Å²) < 4.78 is 0. The second-order valence-corrected chi connectivity index (χ2v) is 4.71. The van der Waals surface area contributed by atoms with Crippen LogP contribution in [0.4, 0.5) is 0 Å². The van der Waals surface area contributed by atoms with Gasteiger partial charge in [0.05, 0.1) is 11.8 Å². The number of aliphatic hydroxyl groups is 1. The molecule has 0 spiro atoms. The smallest absolute Gasteiger partial charge is 0.251 e. The number of aromatic nitrogens is 1. The highest BCUT2D eigenvalue weighted by Gasteiger charge is 2.25. The molecule has 6 heteroatoms. The van der Waals surface area contributed by atoms with E-state index in [-0.39, 0.29) is 30.3 Å². The third kappa shape index (κ3) is 4.16. The molecule has 4 N–H and O–H groups in total. The highest BCUT2D eigenvalue weighted by molar-refractivity contribution is 5.94. The van der Waals surface area contributed by atoms with E-state index in [4.69, 9.17) is 5.73 Å². The van der Waals surface area contributed by atoms with Gasteiger partial charge in [0.25, 0.3) is 5.91 Å². The van der Waals surface area contributed by atoms with Crippen molar-refractivity contribution in [3.05, 3.63) is 29.6 Å². The minimum Gasteiger partial charge on any atom is -0.393 e. The van der Waals surface area contributed by atoms with Gasteiger partial charge in [0.2, 0.25) is 0 Å². The van der Waals surface area contributed by atoms with Gasteiger partial charge in [0.1, 0.15) is 0 Å². The molecule has 1 amide bonds. The van der Waals surface area contributed by atoms with Crippen LogP contribution >= 0.6 is 12.4 Å². The Labute approximate surface area is 119 Å². The van der Waals surface area contributed by atoms with E-state index >= 15 is 0 Å². The number of halogens is 1. The molecule has 1 saturated carbocycles. The van der Waals surface area contributed by atoms with Crippen molar-refractivity contribution in [1.82, 2.24) is 10.3 Å². The van der Waals surface area contributed by atoms with Gasteiger partial charge in [-0.25, -0.2) is 0 Å². The zero-order chi connectivity index (χ0) is 13.0. The van der Waals surface area contributed by atoms with E-state index in [1.807, 2.05) is 0 Å². The number of nitrogens with zero attached hydrogens (tertiary/aromatic N) is 1. The fourth-order valence-corrected chi connectivity index (χ4v) is 2.31. The standard InChI is InChI=1S/C13H19N3O2.ClH/c14-7-11-6-9(4-5-15-11)13(18)16-8-10-2-1-3-12(10)17;/h4-6,10,12,17H,1-3,7-8,14H2,(H,16,18);1H. The van der Waals surface area contributed by atoms with Crippen molar-refractivity contribution in [1.29, 1.82) is 0 Å². The largest absolute Gasteiger partial charge is 0.393 e. The van der Waals surface area contributed by atoms with E-state index < -0.39 is 0 Å². The summed E-state index contributed by atoms with van der Waals surface area (Å²) in [5.74, 6) is 0.0518. The Hall–Kier alpha value is -1.17. The molecular formula is C13H20ClN3O2. The van der Waals surface area contributed by atoms with Crippen LogP contribution in [-0.2, 0) is 6.54 Å². The van der Waals surface area contributed by atoms with Crippen LogP contribution in [0.3, 0.4) is 0 Å². The quantitative estimate of drug-likeness (QED) is 0.765. The first-order chi connectivity index (χ1) is 8.70. The number of carbonyl (C=O) groups excluding carboxylic acids is 1. The number of nitrogens with one attached hydrogen (secondary N) is 1. The lowest BCUT2D eigenvalue weighted by Crippen LogP contribution is -2.32. The van der Waals surface area contributed by atoms with E-state index in [1.165, 1.54) is 0 Å². The zero-order valence-corrected chi connectivity index (χ0v) is 11.5. The predicted molar refractivity (Wildman–Crippen MR) is 75.1 cm³/mol. The normalized spacial score (nSPS) is 21.8. The number of aliphatic hydroxyl groups excluding tert-OH is 1. The van der Waals surface area contributed by atoms with Crippen molar-refractivity contribution in [2.45, 2.75) is 31.9 Å². The lowest BCUT2D eigenvalue weighted by Gasteiger charge is -2.15. The average Bonchev–Trinajstić information content (AvgIpc) is 2.81. The summed E-state index contributed by atoms with van der Waals surface area (Å²) in [4.78, 5) is 16.0. The fourth-order valence-electron chi connectivity index (χ4n) is 2.31. The topological polar surface area (TPSA) is 88.2 Å². The molecule has 0 saturated heterocycles. The Morgan fingerprint density at radius 1 is 1.53 bits per heavy atom. The van der Waals surface area contributed by atoms with E-state index in [0.29, 0.717) is 24.3 Å². The number of rotatable bonds is 4. The molecule has 0 aromatic carbocycles. The van der Waals surface area contributed by atoms with Crippen molar-refractivity contribution < 1.29 is 9.90 Å². The summed E-state index contributed by atoms with van der Waals surface area (Å²) in [6.45, 7) is 0.850. The van der Waals surface area contributed by atoms with Crippen LogP contribution in [0.1, 0.15) is 35.3 Å². The second kappa shape index (κ2) is 7.43. The summed E-state index contributed by atoms with van der Waals surface area (Å²) in [5.41, 5.74) is 6.75. The van der Waals surface area contributed by atoms with Crippen LogP contribution in [0.25, 0.3) is 0 Å². The van der Waals surface area contributed by atoms with Crippen LogP contribution in [0.15, 0.2) is 18.3 Å². The number of amides is 1. The average molecular weight is 286 g/mol. The van der Waals surface area contributed by atoms with E-state index in [0.717, 1.165) is 19.3 Å². The molecule has 5 nitrogen and oxygen atoms in total. The maximum Gasteiger partial charge on any atom is 0.251 e. The summed E-state index contributed by atoms with van der Waals surface area (Å²) in [7, 11) is 0. The summed E-state index contributed by atoms with van der Waals surface area (Å²) in [6.07, 6.45) is 4.16. The van der Waals surface area contributed by atoms with Crippen LogP contribution in [0, 0.1) is 5.92 Å². The Morgan fingerprint density at radius 2 is 2.32 bits per heavy atom. The van der Waals surface area contributed by atoms with Crippen molar-refractivity contribution in [2.75, 3.05) is 6.54 Å². The Balaban J connectivity index is 0.00000180. The Morgan fingerprint density at radius 3 is 2.95 bits per heavy atom. The molecule has 1 fully saturated rings. The second-order valence-electron chi connectivity index (χ2n) is 4.71. The molecule has 0 bridgehead atoms. The lowest BCUT2D eigenvalue weighted by molar-refractivity contribution is 0.0916. The monoisotopic (exact) mass is 285 g/mol. The fraction of sp³-hybridized carbons (Fsp3) is 0.538. The molecule has 1 aromatic rings. The third-order valence-corrected chi connectivity index (χ3v) is 3.43. The minimum absolute atomic E-state index is 0. The first kappa shape index (κ1) is 15.9. The van der Waals surface area contributed by atoms with Gasteiger partial charge >= 0.3 is 0 Å². The Kier molecular flexibility index (Phi) is 6.21. The molecule has 2 rings (SSSR count). The number of pyridine rings is 1. The van der Waals surface area contributed by atoms with Crippen molar-refractivity contribution in [3.8, 4) is 0 Å². The Bertz CT molecular complexity index is 428. The van der Waals surface area contributed by atoms with E-state index in [1.54, 1.807) is 18.3 Å². The highest BCUT2D eigenvalue weighted by Crippen LogP contribution is 2.24. The number of nitrogens with two attached hydrogens (primary N) is 1. The SMILES string of the molecule is Cl.NCc1cc(C(=O)NCC2CCCC2O)ccn1. The maximum atomic E-state index is 11.9. The highest BCUT2D eigenvalue weighted by atomic mass is 35.5. The summed E-state index contributed by atoms with van der Waals surface area (Å²) in [6, 6.07) is 3.36. The number of carbonyl (C=O) groups is 1. The van der Waals surface area contributed by atoms with E-state index in [2.05, 4.69) is 10.3 Å². The van der Waals surface area contributed by atoms with Gasteiger partial charge < -0.3 is 16.2 Å². The molecule has 1 aromatic heterocycles. The van der Waals surface area contributed by atoms with Gasteiger partial charge in [-0.15, -0.1) is 12.4 Å². The first-order valence-electron chi connectivity index (χ1n) is 6.32. The van der Waals surface area contributed by atoms with Crippen LogP contribution in [-0.4, -0.2) is 28.6 Å². The van der Waals surface area contributed by atoms with Gasteiger partial charge in [-0.05, 0) is 25.0 Å². The lowest BCUT2D eigenvalue weighted by atomic mass is 10.1. The van der Waals surface area contributed by atoms with Gasteiger partial charge in [0, 0.05) is 30.8 Å². The molecule has 2 atom stereocenters. The number of hydrogen-bond donors (Lipinski definition) is 3.